The zero-order chi connectivity index (χ0) is 100.0. The van der Waals surface area contributed by atoms with Crippen molar-refractivity contribution in [2.45, 2.75) is 263 Å². The molecule has 0 saturated carbocycles. The van der Waals surface area contributed by atoms with E-state index in [2.05, 4.69) is 47.9 Å². The molecule has 0 aliphatic carbocycles. The first-order chi connectivity index (χ1) is 62.7. The number of nitrogens with zero attached hydrogens (tertiary/aromatic N) is 6. The Morgan fingerprint density at radius 3 is 1.04 bits per heavy atom. The number of benzene rings is 5. The van der Waals surface area contributed by atoms with Crippen LogP contribution in [0.4, 0.5) is 5.69 Å². The average molecular weight is 1870 g/mol. The zero-order valence-electron chi connectivity index (χ0n) is 82.8. The fourth-order valence-electron chi connectivity index (χ4n) is 13.5. The number of para-hydroxylation sites is 2. The number of H-pyrrole nitrogens is 2. The number of nitro benzene ring substituents is 1. The number of rotatable bonds is 51. The summed E-state index contributed by atoms with van der Waals surface area (Å²) in [6, 6.07) is 35.7. The Hall–Kier alpha value is -9.60. The third kappa shape index (κ3) is 40.9. The van der Waals surface area contributed by atoms with Crippen molar-refractivity contribution in [3.63, 3.8) is 0 Å². The number of fused-ring (bicyclic) bond motifs is 2. The van der Waals surface area contributed by atoms with Gasteiger partial charge in [-0.1, -0.05) is 195 Å². The lowest BCUT2D eigenvalue weighted by atomic mass is 9.83. The summed E-state index contributed by atoms with van der Waals surface area (Å²) in [6.45, 7) is 40.9. The molecule has 7 rings (SSSR count). The smallest absolute Gasteiger partial charge is 0.310 e. The van der Waals surface area contributed by atoms with Gasteiger partial charge in [-0.05, 0) is 149 Å². The van der Waals surface area contributed by atoms with Gasteiger partial charge in [0.05, 0.1) is 42.1 Å². The van der Waals surface area contributed by atoms with Crippen LogP contribution in [0.3, 0.4) is 0 Å². The zero-order valence-corrected chi connectivity index (χ0v) is 82.8. The van der Waals surface area contributed by atoms with Crippen molar-refractivity contribution in [1.29, 1.82) is 0 Å². The van der Waals surface area contributed by atoms with Gasteiger partial charge in [-0.2, -0.15) is 0 Å². The van der Waals surface area contributed by atoms with Gasteiger partial charge in [0.2, 0.25) is 0 Å². The molecule has 0 saturated heterocycles. The predicted octanol–water partition coefficient (Wildman–Crippen LogP) is 13.5. The van der Waals surface area contributed by atoms with E-state index in [0.717, 1.165) is 44.4 Å². The molecule has 746 valence electrons. The highest BCUT2D eigenvalue weighted by Gasteiger charge is 2.39. The van der Waals surface area contributed by atoms with Crippen LogP contribution in [0, 0.1) is 58.5 Å². The van der Waals surface area contributed by atoms with Gasteiger partial charge in [-0.3, -0.25) is 14.9 Å². The van der Waals surface area contributed by atoms with Gasteiger partial charge >= 0.3 is 5.69 Å². The summed E-state index contributed by atoms with van der Waals surface area (Å²) in [5.41, 5.74) is 7.54. The summed E-state index contributed by atoms with van der Waals surface area (Å²) >= 11 is 0. The van der Waals surface area contributed by atoms with E-state index in [-0.39, 0.29) is 89.7 Å². The van der Waals surface area contributed by atoms with E-state index in [1.165, 1.54) is 85.3 Å². The Kier molecular flexibility index (Phi) is 53.7. The highest BCUT2D eigenvalue weighted by molar-refractivity contribution is 5.97. The highest BCUT2D eigenvalue weighted by Crippen LogP contribution is 2.32. The van der Waals surface area contributed by atoms with Gasteiger partial charge in [0.25, 0.3) is 0 Å². The van der Waals surface area contributed by atoms with Crippen LogP contribution in [0.2, 0.25) is 0 Å². The number of aromatic amines is 2. The maximum Gasteiger partial charge on any atom is 0.310 e. The van der Waals surface area contributed by atoms with Crippen LogP contribution < -0.4 is 14.2 Å². The maximum atomic E-state index is 12.6. The maximum absolute atomic E-state index is 12.6. The van der Waals surface area contributed by atoms with E-state index in [1.807, 2.05) is 208 Å². The number of Topliss-reactive ketones (excluding diaryl/α,β-unsaturated/α-hetero) is 1. The number of carbonyl (C=O) groups is 1. The first-order valence-corrected chi connectivity index (χ1v) is 45.1. The standard InChI is InChI=1S/C24H38N2O8.C20H30N2O4.C19H28N2O4.2C18H29NO5/c1-15(2)14-33-20-13-17(10-11-18(20)26(30)31)19(28)9-8-12-34-25-21(22(29)16(3)27)23(32-7)24(4,5)6;1-13(23)18(24)17(19(25-5)20(2,3)4)22-26-11-10-14-12-21-16-9-7-6-8-15(14)16;1-12(2)19(24-4)17(18(23)13(3)22)21-25-10-9-14-11-20-16-8-6-5-7-15(14)16;2*1-12(2)18(22-5)16(17(21)14(4)20)19-24-11-10-23-15-8-6-13(3)7-9-15/h10-11,13,15-16,22-23,27,29H,8-9,12,14H2,1-7H3;6-9,12-13,18-19,21,23-24H,10-11H2,1-5H3;5-8,11-13,18-20,22-23H,9-10H2,1-4H3;2*6-9,12,14,17-18,20-21H,10-11H2,1-5H3/b25-21+;22-17-;21-17+;2*19-16+/t16-,22+,23-;13-,18+,19-;13-,18+,19+;2*14-,17+,18+/m11111/s1. The molecule has 0 spiro atoms. The number of aliphatic hydroxyl groups is 10. The summed E-state index contributed by atoms with van der Waals surface area (Å²) < 4.78 is 43.8. The van der Waals surface area contributed by atoms with E-state index in [0.29, 0.717) is 69.3 Å². The van der Waals surface area contributed by atoms with Gasteiger partial charge in [0.1, 0.15) is 134 Å². The molecular formula is C99H154N8O26. The van der Waals surface area contributed by atoms with Gasteiger partial charge < -0.3 is 123 Å². The minimum Gasteiger partial charge on any atom is -0.490 e. The topological polar surface area (TPSA) is 476 Å². The highest BCUT2D eigenvalue weighted by atomic mass is 16.7. The Balaban J connectivity index is 0.000000431. The van der Waals surface area contributed by atoms with Crippen molar-refractivity contribution < 1.29 is 123 Å². The Bertz CT molecular complexity index is 4490. The minimum atomic E-state index is -1.27. The van der Waals surface area contributed by atoms with Gasteiger partial charge in [-0.15, -0.1) is 0 Å². The van der Waals surface area contributed by atoms with Crippen LogP contribution in [-0.2, 0) is 60.7 Å². The lowest BCUT2D eigenvalue weighted by Crippen LogP contribution is -2.46. The van der Waals surface area contributed by atoms with Crippen molar-refractivity contribution in [3.05, 3.63) is 166 Å². The molecule has 7 aromatic rings. The number of ketones is 1. The Morgan fingerprint density at radius 1 is 0.406 bits per heavy atom. The number of oxime groups is 5. The van der Waals surface area contributed by atoms with Crippen molar-refractivity contribution in [2.75, 3.05) is 88.4 Å². The molecule has 0 aliphatic rings. The lowest BCUT2D eigenvalue weighted by Gasteiger charge is -2.32. The summed E-state index contributed by atoms with van der Waals surface area (Å²) in [7, 11) is 7.68. The van der Waals surface area contributed by atoms with Gasteiger partial charge in [0, 0.05) is 101 Å². The second kappa shape index (κ2) is 60.7. The van der Waals surface area contributed by atoms with Crippen LogP contribution in [0.5, 0.6) is 17.2 Å². The fourth-order valence-corrected chi connectivity index (χ4v) is 13.5. The van der Waals surface area contributed by atoms with Crippen LogP contribution in [0.25, 0.3) is 21.8 Å². The van der Waals surface area contributed by atoms with Crippen molar-refractivity contribution in [3.8, 4) is 17.2 Å². The number of hydrogen-bond donors (Lipinski definition) is 12. The summed E-state index contributed by atoms with van der Waals surface area (Å²) in [4.78, 5) is 56.5. The molecule has 0 aliphatic heterocycles. The molecule has 133 heavy (non-hydrogen) atoms. The van der Waals surface area contributed by atoms with E-state index >= 15 is 0 Å². The van der Waals surface area contributed by atoms with Gasteiger partial charge in [-0.25, -0.2) is 0 Å². The molecular weight excluding hydrogens is 1720 g/mol. The fraction of sp³-hybridized carbons (Fsp3) is 0.596. The van der Waals surface area contributed by atoms with Crippen molar-refractivity contribution in [2.24, 2.45) is 60.3 Å². The third-order valence-electron chi connectivity index (χ3n) is 20.6. The molecule has 34 heteroatoms. The van der Waals surface area contributed by atoms with E-state index < -0.39 is 102 Å². The second-order valence-corrected chi connectivity index (χ2v) is 36.1. The normalized spacial score (nSPS) is 15.9. The molecule has 0 unspecified atom stereocenters. The van der Waals surface area contributed by atoms with Crippen molar-refractivity contribution >= 4 is 61.8 Å². The lowest BCUT2D eigenvalue weighted by molar-refractivity contribution is -0.385. The molecule has 0 radical (unpaired) electrons. The first-order valence-electron chi connectivity index (χ1n) is 45.1. The Morgan fingerprint density at radius 2 is 0.729 bits per heavy atom. The minimum absolute atomic E-state index is 0.0648. The van der Waals surface area contributed by atoms with E-state index in [1.54, 1.807) is 14.2 Å². The second-order valence-electron chi connectivity index (χ2n) is 36.1. The summed E-state index contributed by atoms with van der Waals surface area (Å²) in [6.07, 6.45) is -7.35. The molecule has 0 bridgehead atoms. The molecule has 5 aromatic carbocycles. The number of aryl methyl sites for hydroxylation is 2. The number of hydrogen-bond acceptors (Lipinski definition) is 31. The predicted molar refractivity (Wildman–Crippen MR) is 517 cm³/mol. The number of methoxy groups -OCH3 is 5. The van der Waals surface area contributed by atoms with Crippen LogP contribution >= 0.6 is 0 Å². The number of ether oxygens (including phenoxy) is 8. The Labute approximate surface area is 785 Å². The first kappa shape index (κ1) is 118. The SMILES string of the molecule is CO[C@H](/C(=N/OCCCC(=O)c1ccc([N+](=O)[O-])c(OCC(C)C)c1)[C@@H](O)[C@@H](C)O)C(C)(C)C.CO[C@H](/C(=N/OCCOc1ccc(C)cc1)[C@@H](O)[C@@H](C)O)C(C)C.CO[C@H](/C(=N/OCCOc1ccc(C)cc1)[C@@H](O)[C@@H](C)O)C(C)C.CO[C@H](/C(=N/OCCc1c[nH]c2ccccc12)[C@@H](O)[C@@H](C)O)C(C)C.CO[C@H](/C(=N\OCCc1c[nH]c2ccccc12)[C@@H](O)[C@@H](C)O)C(C)(C)C. The quantitative estimate of drug-likeness (QED) is 0.00554. The van der Waals surface area contributed by atoms with Crippen LogP contribution in [-0.4, -0.2) is 280 Å². The largest absolute Gasteiger partial charge is 0.490 e. The number of aromatic nitrogens is 2. The van der Waals surface area contributed by atoms with E-state index in [4.69, 9.17) is 62.1 Å². The molecule has 2 heterocycles. The number of nitrogens with one attached hydrogen (secondary N) is 2. The van der Waals surface area contributed by atoms with Crippen LogP contribution in [0.1, 0.15) is 177 Å². The third-order valence-corrected chi connectivity index (χ3v) is 20.6. The summed E-state index contributed by atoms with van der Waals surface area (Å²) in [5.74, 6) is 1.78. The number of nitro groups is 1. The number of aliphatic hydroxyl groups excluding tert-OH is 10. The van der Waals surface area contributed by atoms with Crippen molar-refractivity contribution in [1.82, 2.24) is 9.97 Å². The monoisotopic (exact) mass is 1870 g/mol. The van der Waals surface area contributed by atoms with Crippen LogP contribution in [0.15, 0.2) is 153 Å². The molecule has 0 fully saturated rings. The number of carbonyl (C=O) groups excluding carboxylic acids is 1. The molecule has 15 atom stereocenters. The molecule has 0 amide bonds. The molecule has 12 N–H and O–H groups in total. The van der Waals surface area contributed by atoms with E-state index in [9.17, 15) is 66.0 Å². The van der Waals surface area contributed by atoms with Gasteiger partial charge in [0.15, 0.2) is 24.7 Å². The molecule has 2 aromatic heterocycles. The summed E-state index contributed by atoms with van der Waals surface area (Å²) in [5, 5.41) is 133. The average Bonchev–Trinajstić information content (AvgIpc) is 1.83. The molecule has 34 nitrogen and oxygen atoms in total.